The lowest BCUT2D eigenvalue weighted by atomic mass is 9.88. The standard InChI is InChI=1S/C25H29ClF2N4O4/c1-32(7-8-35-2)21-9-15-3-5-17(11-19(15)30-23(21)33)29-24(34)31-20-12-25(13-27,14-28)36-22-10-16(26)4-6-18(20)22/h3-6,10-11,20-21H,7-9,12-14H2,1-2H3,(H,30,33)(H2,29,31,34)/t20-,21?/m1/s1. The van der Waals surface area contributed by atoms with Crippen molar-refractivity contribution in [1.82, 2.24) is 10.2 Å². The minimum absolute atomic E-state index is 0.0831. The van der Waals surface area contributed by atoms with Crippen LogP contribution in [0.3, 0.4) is 0 Å². The van der Waals surface area contributed by atoms with Crippen LogP contribution in [0.15, 0.2) is 36.4 Å². The highest BCUT2D eigenvalue weighted by Crippen LogP contribution is 2.41. The number of amides is 3. The summed E-state index contributed by atoms with van der Waals surface area (Å²) in [6.07, 6.45) is 0.449. The molecule has 36 heavy (non-hydrogen) atoms. The van der Waals surface area contributed by atoms with Gasteiger partial charge in [0.15, 0.2) is 5.60 Å². The molecule has 2 heterocycles. The van der Waals surface area contributed by atoms with Gasteiger partial charge >= 0.3 is 6.03 Å². The Morgan fingerprint density at radius 1 is 1.28 bits per heavy atom. The molecule has 0 radical (unpaired) electrons. The van der Waals surface area contributed by atoms with Crippen molar-refractivity contribution in [2.75, 3.05) is 51.3 Å². The fourth-order valence-corrected chi connectivity index (χ4v) is 4.67. The van der Waals surface area contributed by atoms with Gasteiger partial charge in [-0.05, 0) is 43.3 Å². The summed E-state index contributed by atoms with van der Waals surface area (Å²) >= 11 is 6.03. The van der Waals surface area contributed by atoms with Crippen molar-refractivity contribution in [1.29, 1.82) is 0 Å². The van der Waals surface area contributed by atoms with Crippen molar-refractivity contribution in [3.05, 3.63) is 52.5 Å². The third-order valence-corrected chi connectivity index (χ3v) is 6.80. The van der Waals surface area contributed by atoms with Crippen LogP contribution in [0.1, 0.15) is 23.6 Å². The number of rotatable bonds is 8. The fourth-order valence-electron chi connectivity index (χ4n) is 4.51. The van der Waals surface area contributed by atoms with E-state index in [9.17, 15) is 18.4 Å². The summed E-state index contributed by atoms with van der Waals surface area (Å²) in [5.41, 5.74) is 0.908. The number of hydrogen-bond donors (Lipinski definition) is 3. The lowest BCUT2D eigenvalue weighted by molar-refractivity contribution is -0.121. The highest BCUT2D eigenvalue weighted by Gasteiger charge is 2.42. The first-order chi connectivity index (χ1) is 17.3. The number of carbonyl (C=O) groups excluding carboxylic acids is 2. The van der Waals surface area contributed by atoms with Crippen LogP contribution >= 0.6 is 11.6 Å². The molecule has 8 nitrogen and oxygen atoms in total. The highest BCUT2D eigenvalue weighted by atomic mass is 35.5. The predicted octanol–water partition coefficient (Wildman–Crippen LogP) is 4.10. The lowest BCUT2D eigenvalue weighted by Crippen LogP contribution is -2.49. The van der Waals surface area contributed by atoms with Crippen molar-refractivity contribution in [3.63, 3.8) is 0 Å². The maximum atomic E-state index is 13.7. The van der Waals surface area contributed by atoms with Gasteiger partial charge in [-0.2, -0.15) is 0 Å². The molecule has 2 atom stereocenters. The van der Waals surface area contributed by atoms with Crippen LogP contribution in [-0.4, -0.2) is 69.1 Å². The minimum atomic E-state index is -1.70. The summed E-state index contributed by atoms with van der Waals surface area (Å²) in [6.45, 7) is -0.965. The zero-order valence-electron chi connectivity index (χ0n) is 20.1. The summed E-state index contributed by atoms with van der Waals surface area (Å²) in [4.78, 5) is 27.4. The second-order valence-electron chi connectivity index (χ2n) is 9.14. The molecule has 2 aromatic carbocycles. The summed E-state index contributed by atoms with van der Waals surface area (Å²) in [5.74, 6) is 0.102. The lowest BCUT2D eigenvalue weighted by Gasteiger charge is -2.39. The summed E-state index contributed by atoms with van der Waals surface area (Å²) in [7, 11) is 3.49. The third kappa shape index (κ3) is 5.55. The molecule has 2 aliphatic rings. The predicted molar refractivity (Wildman–Crippen MR) is 133 cm³/mol. The van der Waals surface area contributed by atoms with Crippen LogP contribution in [0.5, 0.6) is 5.75 Å². The van der Waals surface area contributed by atoms with E-state index < -0.39 is 31.0 Å². The molecule has 3 N–H and O–H groups in total. The molecule has 0 fully saturated rings. The largest absolute Gasteiger partial charge is 0.481 e. The monoisotopic (exact) mass is 522 g/mol. The van der Waals surface area contributed by atoms with E-state index in [2.05, 4.69) is 16.0 Å². The van der Waals surface area contributed by atoms with E-state index in [1.165, 1.54) is 6.07 Å². The summed E-state index contributed by atoms with van der Waals surface area (Å²) < 4.78 is 38.2. The first-order valence-corrected chi connectivity index (χ1v) is 12.0. The Labute approximate surface area is 213 Å². The Balaban J connectivity index is 1.46. The van der Waals surface area contributed by atoms with Gasteiger partial charge in [0.25, 0.3) is 0 Å². The first kappa shape index (κ1) is 26.1. The second-order valence-corrected chi connectivity index (χ2v) is 9.58. The summed E-state index contributed by atoms with van der Waals surface area (Å²) in [6, 6.07) is 8.48. The molecular weight excluding hydrogens is 494 g/mol. The third-order valence-electron chi connectivity index (χ3n) is 6.57. The Hall–Kier alpha value is -2.95. The zero-order chi connectivity index (χ0) is 25.9. The smallest absolute Gasteiger partial charge is 0.319 e. The number of likely N-dealkylation sites (N-methyl/N-ethyl adjacent to an activating group) is 1. The Kier molecular flexibility index (Phi) is 7.97. The topological polar surface area (TPSA) is 91.9 Å². The van der Waals surface area contributed by atoms with Crippen LogP contribution < -0.4 is 20.7 Å². The average molecular weight is 523 g/mol. The van der Waals surface area contributed by atoms with Gasteiger partial charge in [-0.15, -0.1) is 0 Å². The molecule has 0 bridgehead atoms. The minimum Gasteiger partial charge on any atom is -0.481 e. The van der Waals surface area contributed by atoms with E-state index in [0.29, 0.717) is 41.5 Å². The van der Waals surface area contributed by atoms with Crippen LogP contribution in [0.4, 0.5) is 25.0 Å². The number of carbonyl (C=O) groups is 2. The quantitative estimate of drug-likeness (QED) is 0.485. The molecule has 2 aromatic rings. The van der Waals surface area contributed by atoms with Gasteiger partial charge in [0.2, 0.25) is 5.91 Å². The van der Waals surface area contributed by atoms with Crippen molar-refractivity contribution in [2.24, 2.45) is 0 Å². The Morgan fingerprint density at radius 3 is 2.78 bits per heavy atom. The summed E-state index contributed by atoms with van der Waals surface area (Å²) in [5, 5.41) is 8.78. The first-order valence-electron chi connectivity index (χ1n) is 11.6. The van der Waals surface area contributed by atoms with Gasteiger partial charge in [0.1, 0.15) is 19.1 Å². The maximum Gasteiger partial charge on any atom is 0.319 e. The van der Waals surface area contributed by atoms with Gasteiger partial charge in [0, 0.05) is 42.0 Å². The molecule has 0 saturated heterocycles. The van der Waals surface area contributed by atoms with E-state index in [-0.39, 0.29) is 24.1 Å². The van der Waals surface area contributed by atoms with Crippen LogP contribution in [0.2, 0.25) is 5.02 Å². The Bertz CT molecular complexity index is 1130. The molecule has 0 spiro atoms. The van der Waals surface area contributed by atoms with E-state index in [1.54, 1.807) is 31.4 Å². The Morgan fingerprint density at radius 2 is 2.06 bits per heavy atom. The maximum absolute atomic E-state index is 13.7. The second kappa shape index (κ2) is 11.0. The number of urea groups is 1. The number of nitrogens with zero attached hydrogens (tertiary/aromatic N) is 1. The van der Waals surface area contributed by atoms with Crippen molar-refractivity contribution in [2.45, 2.75) is 30.5 Å². The van der Waals surface area contributed by atoms with Crippen LogP contribution in [-0.2, 0) is 16.0 Å². The van der Waals surface area contributed by atoms with E-state index in [1.807, 2.05) is 18.0 Å². The normalized spacial score (nSPS) is 20.1. The number of hydrogen-bond acceptors (Lipinski definition) is 5. The molecule has 2 aliphatic heterocycles. The fraction of sp³-hybridized carbons (Fsp3) is 0.440. The van der Waals surface area contributed by atoms with Gasteiger partial charge in [-0.1, -0.05) is 23.7 Å². The number of nitrogens with one attached hydrogen (secondary N) is 3. The van der Waals surface area contributed by atoms with Crippen LogP contribution in [0.25, 0.3) is 0 Å². The highest BCUT2D eigenvalue weighted by molar-refractivity contribution is 6.30. The molecule has 1 unspecified atom stereocenters. The van der Waals surface area contributed by atoms with Crippen molar-refractivity contribution >= 4 is 34.9 Å². The van der Waals surface area contributed by atoms with Gasteiger partial charge in [0.05, 0.1) is 18.7 Å². The number of halogens is 3. The van der Waals surface area contributed by atoms with E-state index in [4.69, 9.17) is 21.1 Å². The van der Waals surface area contributed by atoms with Crippen molar-refractivity contribution in [3.8, 4) is 5.75 Å². The molecule has 11 heteroatoms. The number of fused-ring (bicyclic) bond motifs is 2. The number of anilines is 2. The number of ether oxygens (including phenoxy) is 2. The van der Waals surface area contributed by atoms with Crippen molar-refractivity contribution < 1.29 is 27.8 Å². The number of benzene rings is 2. The molecule has 4 rings (SSSR count). The molecule has 0 aromatic heterocycles. The van der Waals surface area contributed by atoms with Gasteiger partial charge in [-0.3, -0.25) is 9.69 Å². The van der Waals surface area contributed by atoms with Crippen LogP contribution in [0, 0.1) is 0 Å². The molecule has 0 aliphatic carbocycles. The van der Waals surface area contributed by atoms with E-state index in [0.717, 1.165) is 5.56 Å². The van der Waals surface area contributed by atoms with E-state index >= 15 is 0 Å². The molecule has 3 amide bonds. The van der Waals surface area contributed by atoms with Gasteiger partial charge < -0.3 is 25.4 Å². The SMILES string of the molecule is COCCN(C)C1Cc2ccc(NC(=O)N[C@@H]3CC(CF)(CF)Oc4cc(Cl)ccc43)cc2NC1=O. The number of alkyl halides is 2. The molecule has 194 valence electrons. The van der Waals surface area contributed by atoms with Gasteiger partial charge in [-0.25, -0.2) is 13.6 Å². The average Bonchev–Trinajstić information content (AvgIpc) is 2.86. The molecule has 0 saturated carbocycles. The zero-order valence-corrected chi connectivity index (χ0v) is 20.8. The number of methoxy groups -OCH3 is 1. The molecular formula is C25H29ClF2N4O4.